The van der Waals surface area contributed by atoms with Crippen molar-refractivity contribution < 1.29 is 17.6 Å². The summed E-state index contributed by atoms with van der Waals surface area (Å²) in [5.74, 6) is -0.433. The SMILES string of the molecule is Nc1ccc(NCc2cccc(F)c2)c(C(F)(F)F)c1. The summed E-state index contributed by atoms with van der Waals surface area (Å²) in [7, 11) is 0. The van der Waals surface area contributed by atoms with Crippen LogP contribution in [0.3, 0.4) is 0 Å². The van der Waals surface area contributed by atoms with E-state index in [9.17, 15) is 17.6 Å². The molecule has 6 heteroatoms. The van der Waals surface area contributed by atoms with Crippen LogP contribution in [-0.2, 0) is 12.7 Å². The van der Waals surface area contributed by atoms with Gasteiger partial charge in [-0.3, -0.25) is 0 Å². The van der Waals surface area contributed by atoms with Gasteiger partial charge in [-0.15, -0.1) is 0 Å². The van der Waals surface area contributed by atoms with Gasteiger partial charge < -0.3 is 11.1 Å². The van der Waals surface area contributed by atoms with E-state index in [0.717, 1.165) is 6.07 Å². The fourth-order valence-electron chi connectivity index (χ4n) is 1.79. The molecular weight excluding hydrogens is 272 g/mol. The van der Waals surface area contributed by atoms with E-state index in [0.29, 0.717) is 5.56 Å². The van der Waals surface area contributed by atoms with Crippen molar-refractivity contribution in [2.24, 2.45) is 0 Å². The van der Waals surface area contributed by atoms with Crippen LogP contribution >= 0.6 is 0 Å². The van der Waals surface area contributed by atoms with Crippen molar-refractivity contribution in [2.75, 3.05) is 11.1 Å². The number of benzene rings is 2. The molecule has 0 aliphatic carbocycles. The van der Waals surface area contributed by atoms with Crippen LogP contribution in [0.4, 0.5) is 28.9 Å². The van der Waals surface area contributed by atoms with E-state index in [-0.39, 0.29) is 17.9 Å². The number of nitrogen functional groups attached to an aromatic ring is 1. The predicted molar refractivity (Wildman–Crippen MR) is 69.6 cm³/mol. The van der Waals surface area contributed by atoms with E-state index in [1.54, 1.807) is 6.07 Å². The number of nitrogens with one attached hydrogen (secondary N) is 1. The number of hydrogen-bond donors (Lipinski definition) is 2. The van der Waals surface area contributed by atoms with Crippen molar-refractivity contribution in [1.29, 1.82) is 0 Å². The van der Waals surface area contributed by atoms with Gasteiger partial charge >= 0.3 is 6.18 Å². The third kappa shape index (κ3) is 3.40. The highest BCUT2D eigenvalue weighted by Gasteiger charge is 2.33. The molecule has 0 unspecified atom stereocenters. The molecule has 20 heavy (non-hydrogen) atoms. The first-order valence-electron chi connectivity index (χ1n) is 5.81. The summed E-state index contributed by atoms with van der Waals surface area (Å²) in [6, 6.07) is 9.17. The Morgan fingerprint density at radius 2 is 1.80 bits per heavy atom. The minimum atomic E-state index is -4.50. The van der Waals surface area contributed by atoms with Gasteiger partial charge in [-0.2, -0.15) is 13.2 Å². The summed E-state index contributed by atoms with van der Waals surface area (Å²) in [4.78, 5) is 0. The van der Waals surface area contributed by atoms with Gasteiger partial charge in [0.05, 0.1) is 5.56 Å². The Morgan fingerprint density at radius 3 is 2.45 bits per heavy atom. The van der Waals surface area contributed by atoms with E-state index in [4.69, 9.17) is 5.73 Å². The Balaban J connectivity index is 2.21. The van der Waals surface area contributed by atoms with Crippen LogP contribution in [0.5, 0.6) is 0 Å². The first kappa shape index (κ1) is 14.2. The Kier molecular flexibility index (Phi) is 3.83. The summed E-state index contributed by atoms with van der Waals surface area (Å²) in [6.07, 6.45) is -4.50. The molecule has 0 atom stereocenters. The number of hydrogen-bond acceptors (Lipinski definition) is 2. The predicted octanol–water partition coefficient (Wildman–Crippen LogP) is 4.04. The van der Waals surface area contributed by atoms with Crippen LogP contribution < -0.4 is 11.1 Å². The first-order valence-corrected chi connectivity index (χ1v) is 5.81. The van der Waals surface area contributed by atoms with E-state index >= 15 is 0 Å². The lowest BCUT2D eigenvalue weighted by molar-refractivity contribution is -0.136. The molecule has 2 aromatic carbocycles. The Labute approximate surface area is 113 Å². The average molecular weight is 284 g/mol. The minimum Gasteiger partial charge on any atom is -0.399 e. The molecule has 0 aliphatic heterocycles. The van der Waals surface area contributed by atoms with Crippen molar-refractivity contribution in [3.05, 3.63) is 59.4 Å². The molecule has 0 bridgehead atoms. The summed E-state index contributed by atoms with van der Waals surface area (Å²) < 4.78 is 51.6. The molecule has 2 aromatic rings. The van der Waals surface area contributed by atoms with Gasteiger partial charge in [-0.05, 0) is 35.9 Å². The van der Waals surface area contributed by atoms with Crippen LogP contribution in [-0.4, -0.2) is 0 Å². The minimum absolute atomic E-state index is 0.0358. The first-order chi connectivity index (χ1) is 9.36. The second-order valence-corrected chi connectivity index (χ2v) is 4.29. The smallest absolute Gasteiger partial charge is 0.399 e. The van der Waals surface area contributed by atoms with Crippen molar-refractivity contribution in [3.63, 3.8) is 0 Å². The highest BCUT2D eigenvalue weighted by molar-refractivity contribution is 5.59. The molecule has 0 heterocycles. The number of anilines is 2. The molecule has 0 amide bonds. The number of halogens is 4. The van der Waals surface area contributed by atoms with Crippen LogP contribution in [0.2, 0.25) is 0 Å². The molecule has 2 nitrogen and oxygen atoms in total. The zero-order valence-corrected chi connectivity index (χ0v) is 10.3. The third-order valence-corrected chi connectivity index (χ3v) is 2.72. The summed E-state index contributed by atoms with van der Waals surface area (Å²) in [6.45, 7) is 0.0881. The largest absolute Gasteiger partial charge is 0.418 e. The van der Waals surface area contributed by atoms with Crippen LogP contribution in [0.1, 0.15) is 11.1 Å². The quantitative estimate of drug-likeness (QED) is 0.659. The summed E-state index contributed by atoms with van der Waals surface area (Å²) in [5, 5.41) is 2.65. The van der Waals surface area contributed by atoms with E-state index in [2.05, 4.69) is 5.32 Å². The van der Waals surface area contributed by atoms with Crippen molar-refractivity contribution in [3.8, 4) is 0 Å². The lowest BCUT2D eigenvalue weighted by Crippen LogP contribution is -2.11. The van der Waals surface area contributed by atoms with Crippen molar-refractivity contribution >= 4 is 11.4 Å². The normalized spacial score (nSPS) is 11.4. The number of alkyl halides is 3. The molecule has 106 valence electrons. The van der Waals surface area contributed by atoms with Crippen molar-refractivity contribution in [2.45, 2.75) is 12.7 Å². The van der Waals surface area contributed by atoms with Gasteiger partial charge in [0, 0.05) is 17.9 Å². The fraction of sp³-hybridized carbons (Fsp3) is 0.143. The lowest BCUT2D eigenvalue weighted by atomic mass is 10.1. The zero-order chi connectivity index (χ0) is 14.8. The van der Waals surface area contributed by atoms with Crippen molar-refractivity contribution in [1.82, 2.24) is 0 Å². The molecule has 0 aliphatic rings. The molecule has 0 saturated heterocycles. The average Bonchev–Trinajstić information content (AvgIpc) is 2.36. The Morgan fingerprint density at radius 1 is 1.05 bits per heavy atom. The maximum Gasteiger partial charge on any atom is 0.418 e. The molecule has 0 fully saturated rings. The number of rotatable bonds is 3. The van der Waals surface area contributed by atoms with Crippen LogP contribution in [0.25, 0.3) is 0 Å². The Bertz CT molecular complexity index is 608. The highest BCUT2D eigenvalue weighted by Crippen LogP contribution is 2.36. The zero-order valence-electron chi connectivity index (χ0n) is 10.3. The van der Waals surface area contributed by atoms with Gasteiger partial charge in [0.25, 0.3) is 0 Å². The standard InChI is InChI=1S/C14H12F4N2/c15-10-3-1-2-9(6-10)8-20-13-5-4-11(19)7-12(13)14(16,17)18/h1-7,20H,8,19H2. The summed E-state index contributed by atoms with van der Waals surface area (Å²) >= 11 is 0. The Hall–Kier alpha value is -2.24. The topological polar surface area (TPSA) is 38.0 Å². The molecule has 0 saturated carbocycles. The number of nitrogens with two attached hydrogens (primary N) is 1. The van der Waals surface area contributed by atoms with Gasteiger partial charge in [-0.25, -0.2) is 4.39 Å². The van der Waals surface area contributed by atoms with E-state index in [1.807, 2.05) is 0 Å². The fourth-order valence-corrected chi connectivity index (χ4v) is 1.79. The molecule has 3 N–H and O–H groups in total. The monoisotopic (exact) mass is 284 g/mol. The maximum absolute atomic E-state index is 13.0. The molecule has 0 radical (unpaired) electrons. The third-order valence-electron chi connectivity index (χ3n) is 2.72. The van der Waals surface area contributed by atoms with Gasteiger partial charge in [0.1, 0.15) is 5.82 Å². The summed E-state index contributed by atoms with van der Waals surface area (Å²) in [5.41, 5.74) is 5.03. The van der Waals surface area contributed by atoms with E-state index in [1.165, 1.54) is 30.3 Å². The second-order valence-electron chi connectivity index (χ2n) is 4.29. The van der Waals surface area contributed by atoms with Crippen LogP contribution in [0, 0.1) is 5.82 Å². The van der Waals surface area contributed by atoms with Gasteiger partial charge in [0.2, 0.25) is 0 Å². The molecule has 2 rings (SSSR count). The van der Waals surface area contributed by atoms with Gasteiger partial charge in [-0.1, -0.05) is 12.1 Å². The van der Waals surface area contributed by atoms with Gasteiger partial charge in [0.15, 0.2) is 0 Å². The second kappa shape index (κ2) is 5.40. The van der Waals surface area contributed by atoms with Crippen LogP contribution in [0.15, 0.2) is 42.5 Å². The molecular formula is C14H12F4N2. The molecule has 0 aromatic heterocycles. The molecule has 0 spiro atoms. The maximum atomic E-state index is 13.0. The van der Waals surface area contributed by atoms with E-state index < -0.39 is 17.6 Å². The highest BCUT2D eigenvalue weighted by atomic mass is 19.4. The lowest BCUT2D eigenvalue weighted by Gasteiger charge is -2.15.